The van der Waals surface area contributed by atoms with Gasteiger partial charge in [0.15, 0.2) is 23.3 Å². The van der Waals surface area contributed by atoms with E-state index in [1.54, 1.807) is 0 Å². The number of anilines is 1. The molecule has 0 atom stereocenters. The van der Waals surface area contributed by atoms with Gasteiger partial charge in [-0.15, -0.1) is 0 Å². The highest BCUT2D eigenvalue weighted by Crippen LogP contribution is 2.29. The summed E-state index contributed by atoms with van der Waals surface area (Å²) in [5.41, 5.74) is -2.58. The Balaban J connectivity index is 2.00. The molecule has 0 bridgehead atoms. The molecule has 1 aliphatic rings. The zero-order valence-electron chi connectivity index (χ0n) is 14.5. The maximum absolute atomic E-state index is 13.9. The highest BCUT2D eigenvalue weighted by molar-refractivity contribution is 6.56. The van der Waals surface area contributed by atoms with Crippen molar-refractivity contribution in [3.8, 4) is 5.75 Å². The first-order valence-electron chi connectivity index (χ1n) is 7.80. The number of alkyl halides is 2. The molecular formula is C17H5F7N2O5. The fourth-order valence-corrected chi connectivity index (χ4v) is 2.55. The predicted molar refractivity (Wildman–Crippen MR) is 83.4 cm³/mol. The van der Waals surface area contributed by atoms with E-state index in [1.807, 2.05) is 0 Å². The highest BCUT2D eigenvalue weighted by Gasteiger charge is 2.50. The molecule has 0 unspecified atom stereocenters. The first-order chi connectivity index (χ1) is 14.5. The van der Waals surface area contributed by atoms with Crippen molar-refractivity contribution in [3.63, 3.8) is 0 Å². The number of hydrogen-bond donors (Lipinski definition) is 0. The van der Waals surface area contributed by atoms with Crippen LogP contribution in [-0.4, -0.2) is 35.3 Å². The third-order valence-corrected chi connectivity index (χ3v) is 3.92. The van der Waals surface area contributed by atoms with E-state index in [2.05, 4.69) is 4.74 Å². The molecule has 0 radical (unpaired) electrons. The molecule has 3 rings (SSSR count). The first-order valence-corrected chi connectivity index (χ1v) is 7.80. The molecule has 162 valence electrons. The fourth-order valence-electron chi connectivity index (χ4n) is 2.55. The quantitative estimate of drug-likeness (QED) is 0.179. The maximum Gasteiger partial charge on any atom is 0.387 e. The van der Waals surface area contributed by atoms with Gasteiger partial charge in [0.1, 0.15) is 11.3 Å². The monoisotopic (exact) mass is 450 g/mol. The Morgan fingerprint density at radius 1 is 0.774 bits per heavy atom. The average Bonchev–Trinajstić information content (AvgIpc) is 2.93. The van der Waals surface area contributed by atoms with Crippen LogP contribution >= 0.6 is 0 Å². The molecular weight excluding hydrogens is 445 g/mol. The Morgan fingerprint density at radius 3 is 1.74 bits per heavy atom. The smallest absolute Gasteiger partial charge is 0.387 e. The van der Waals surface area contributed by atoms with Gasteiger partial charge < -0.3 is 4.74 Å². The van der Waals surface area contributed by atoms with E-state index >= 15 is 0 Å². The lowest BCUT2D eigenvalue weighted by Gasteiger charge is -2.16. The summed E-state index contributed by atoms with van der Waals surface area (Å²) in [6.07, 6.45) is 0. The number of ether oxygens (including phenoxy) is 1. The van der Waals surface area contributed by atoms with Crippen LogP contribution in [0.5, 0.6) is 5.75 Å². The van der Waals surface area contributed by atoms with Gasteiger partial charge in [-0.1, -0.05) is 0 Å². The zero-order valence-corrected chi connectivity index (χ0v) is 14.5. The summed E-state index contributed by atoms with van der Waals surface area (Å²) >= 11 is 0. The number of rotatable bonds is 4. The number of nitrogens with zero attached hydrogens (tertiary/aromatic N) is 2. The van der Waals surface area contributed by atoms with Gasteiger partial charge in [-0.2, -0.15) is 13.7 Å². The number of carbonyl (C=O) groups excluding carboxylic acids is 4. The van der Waals surface area contributed by atoms with E-state index in [-0.39, 0.29) is 4.90 Å². The highest BCUT2D eigenvalue weighted by atomic mass is 19.3. The van der Waals surface area contributed by atoms with Crippen molar-refractivity contribution < 1.29 is 54.6 Å². The van der Waals surface area contributed by atoms with Gasteiger partial charge in [-0.05, 0) is 24.3 Å². The Labute approximate surface area is 166 Å². The molecule has 31 heavy (non-hydrogen) atoms. The molecule has 5 amide bonds. The molecule has 0 aromatic heterocycles. The summed E-state index contributed by atoms with van der Waals surface area (Å²) in [4.78, 5) is 48.2. The van der Waals surface area contributed by atoms with E-state index in [0.29, 0.717) is 0 Å². The summed E-state index contributed by atoms with van der Waals surface area (Å²) in [6, 6.07) is 1.63. The molecule has 2 aromatic carbocycles. The van der Waals surface area contributed by atoms with Gasteiger partial charge >= 0.3 is 24.5 Å². The Morgan fingerprint density at radius 2 is 1.26 bits per heavy atom. The van der Waals surface area contributed by atoms with E-state index in [0.717, 1.165) is 24.3 Å². The van der Waals surface area contributed by atoms with Crippen LogP contribution in [0.3, 0.4) is 0 Å². The lowest BCUT2D eigenvalue weighted by molar-refractivity contribution is -0.138. The second-order valence-electron chi connectivity index (χ2n) is 5.69. The van der Waals surface area contributed by atoms with Crippen molar-refractivity contribution in [2.45, 2.75) is 6.61 Å². The molecule has 0 saturated carbocycles. The number of amides is 5. The van der Waals surface area contributed by atoms with Crippen molar-refractivity contribution in [1.29, 1.82) is 0 Å². The first kappa shape index (κ1) is 21.7. The van der Waals surface area contributed by atoms with Crippen LogP contribution in [0, 0.1) is 29.1 Å². The van der Waals surface area contributed by atoms with Gasteiger partial charge in [0.25, 0.3) is 5.91 Å². The maximum atomic E-state index is 13.9. The van der Waals surface area contributed by atoms with Crippen LogP contribution < -0.4 is 9.64 Å². The van der Waals surface area contributed by atoms with Gasteiger partial charge in [0.2, 0.25) is 5.82 Å². The molecule has 0 spiro atoms. The SMILES string of the molecule is O=C1C(=O)N(c2ccc(OC(F)F)cc2)C(=O)N1C(=O)c1c(F)c(F)c(F)c(F)c1F. The molecule has 14 heteroatoms. The van der Waals surface area contributed by atoms with Crippen LogP contribution in [0.25, 0.3) is 0 Å². The lowest BCUT2D eigenvalue weighted by atomic mass is 10.1. The molecule has 7 nitrogen and oxygen atoms in total. The molecule has 2 aromatic rings. The van der Waals surface area contributed by atoms with E-state index in [4.69, 9.17) is 0 Å². The van der Waals surface area contributed by atoms with Crippen LogP contribution in [0.15, 0.2) is 24.3 Å². The third-order valence-electron chi connectivity index (χ3n) is 3.92. The van der Waals surface area contributed by atoms with Crippen LogP contribution in [0.1, 0.15) is 10.4 Å². The number of hydrogen-bond acceptors (Lipinski definition) is 5. The summed E-state index contributed by atoms with van der Waals surface area (Å²) in [5, 5.41) is 0. The minimum atomic E-state index is -3.20. The molecule has 0 N–H and O–H groups in total. The van der Waals surface area contributed by atoms with Crippen molar-refractivity contribution in [3.05, 3.63) is 58.9 Å². The van der Waals surface area contributed by atoms with Gasteiger partial charge in [-0.25, -0.2) is 31.6 Å². The van der Waals surface area contributed by atoms with Crippen molar-refractivity contribution in [2.24, 2.45) is 0 Å². The topological polar surface area (TPSA) is 84.0 Å². The van der Waals surface area contributed by atoms with Crippen molar-refractivity contribution in [2.75, 3.05) is 4.90 Å². The normalized spacial score (nSPS) is 14.1. The Hall–Kier alpha value is -3.97. The van der Waals surface area contributed by atoms with Crippen LogP contribution in [0.2, 0.25) is 0 Å². The van der Waals surface area contributed by atoms with E-state index in [1.165, 1.54) is 0 Å². The summed E-state index contributed by atoms with van der Waals surface area (Å²) in [6.45, 7) is -3.20. The molecule has 0 aliphatic carbocycles. The second-order valence-corrected chi connectivity index (χ2v) is 5.69. The molecule has 1 aliphatic heterocycles. The van der Waals surface area contributed by atoms with Crippen molar-refractivity contribution in [1.82, 2.24) is 4.90 Å². The van der Waals surface area contributed by atoms with Gasteiger partial charge in [0.05, 0.1) is 5.69 Å². The number of imide groups is 4. The van der Waals surface area contributed by atoms with Crippen molar-refractivity contribution >= 4 is 29.4 Å². The predicted octanol–water partition coefficient (Wildman–Crippen LogP) is 3.12. The number of benzene rings is 2. The number of carbonyl (C=O) groups is 4. The van der Waals surface area contributed by atoms with Crippen LogP contribution in [-0.2, 0) is 9.59 Å². The Bertz CT molecular complexity index is 1110. The summed E-state index contributed by atoms with van der Waals surface area (Å²) in [7, 11) is 0. The summed E-state index contributed by atoms with van der Waals surface area (Å²) in [5.74, 6) is -19.2. The minimum absolute atomic E-state index is 0.0262. The standard InChI is InChI=1S/C17H5F7N2O5/c18-8-7(9(19)11(21)12(22)10(8)20)13(27)26-15(29)14(28)25(17(26)30)5-1-3-6(4-2-5)31-16(23)24/h1-4,16H. The second kappa shape index (κ2) is 7.70. The number of halogens is 7. The van der Waals surface area contributed by atoms with Crippen LogP contribution in [0.4, 0.5) is 41.2 Å². The zero-order chi connectivity index (χ0) is 23.2. The Kier molecular flexibility index (Phi) is 5.40. The average molecular weight is 450 g/mol. The largest absolute Gasteiger partial charge is 0.435 e. The van der Waals surface area contributed by atoms with Gasteiger partial charge in [-0.3, -0.25) is 14.4 Å². The van der Waals surface area contributed by atoms with Gasteiger partial charge in [0, 0.05) is 0 Å². The lowest BCUT2D eigenvalue weighted by Crippen LogP contribution is -2.39. The summed E-state index contributed by atoms with van der Waals surface area (Å²) < 4.78 is 96.0. The van der Waals surface area contributed by atoms with E-state index in [9.17, 15) is 49.9 Å². The van der Waals surface area contributed by atoms with E-state index < -0.39 is 81.4 Å². The molecule has 1 fully saturated rings. The third kappa shape index (κ3) is 3.45. The molecule has 1 heterocycles. The number of urea groups is 1. The minimum Gasteiger partial charge on any atom is -0.435 e. The fraction of sp³-hybridized carbons (Fsp3) is 0.0588. The molecule has 1 saturated heterocycles.